The van der Waals surface area contributed by atoms with E-state index in [2.05, 4.69) is 22.2 Å². The molecule has 0 radical (unpaired) electrons. The summed E-state index contributed by atoms with van der Waals surface area (Å²) < 4.78 is 16.6. The van der Waals surface area contributed by atoms with Gasteiger partial charge in [-0.1, -0.05) is 0 Å². The van der Waals surface area contributed by atoms with Crippen LogP contribution in [0.25, 0.3) is 11.1 Å². The highest BCUT2D eigenvalue weighted by molar-refractivity contribution is 6.10. The molecule has 1 aliphatic rings. The first kappa shape index (κ1) is 21.0. The number of aryl methyl sites for hydroxylation is 1. The molecule has 8 heteroatoms. The van der Waals surface area contributed by atoms with Gasteiger partial charge in [-0.05, 0) is 51.3 Å². The Labute approximate surface area is 181 Å². The number of hydrogen-bond acceptors (Lipinski definition) is 7. The van der Waals surface area contributed by atoms with Crippen molar-refractivity contribution in [3.63, 3.8) is 0 Å². The Morgan fingerprint density at radius 1 is 1.19 bits per heavy atom. The van der Waals surface area contributed by atoms with E-state index in [0.717, 1.165) is 18.4 Å². The topological polar surface area (TPSA) is 89.7 Å². The predicted molar refractivity (Wildman–Crippen MR) is 118 cm³/mol. The molecule has 0 saturated heterocycles. The second-order valence-electron chi connectivity index (χ2n) is 8.36. The van der Waals surface area contributed by atoms with Crippen LogP contribution in [0.5, 0.6) is 11.5 Å². The molecule has 4 rings (SSSR count). The first-order valence-corrected chi connectivity index (χ1v) is 10.3. The summed E-state index contributed by atoms with van der Waals surface area (Å²) >= 11 is 0. The Bertz CT molecular complexity index is 1110. The number of rotatable bonds is 7. The van der Waals surface area contributed by atoms with Gasteiger partial charge in [-0.2, -0.15) is 0 Å². The zero-order valence-corrected chi connectivity index (χ0v) is 18.8. The number of fused-ring (bicyclic) bond motifs is 1. The highest BCUT2D eigenvalue weighted by Crippen LogP contribution is 2.40. The van der Waals surface area contributed by atoms with Crippen molar-refractivity contribution >= 4 is 22.8 Å². The Morgan fingerprint density at radius 3 is 2.42 bits per heavy atom. The summed E-state index contributed by atoms with van der Waals surface area (Å²) in [6.45, 7) is 5.88. The van der Waals surface area contributed by atoms with Crippen molar-refractivity contribution in [2.75, 3.05) is 26.6 Å². The minimum Gasteiger partial charge on any atom is -0.497 e. The molecule has 0 spiro atoms. The lowest BCUT2D eigenvalue weighted by Crippen LogP contribution is -2.30. The smallest absolute Gasteiger partial charge is 0.258 e. The van der Waals surface area contributed by atoms with Crippen LogP contribution in [0.3, 0.4) is 0 Å². The van der Waals surface area contributed by atoms with Gasteiger partial charge in [0.05, 0.1) is 31.2 Å². The molecule has 1 atom stereocenters. The van der Waals surface area contributed by atoms with Gasteiger partial charge in [0.1, 0.15) is 29.4 Å². The standard InChI is InChI=1S/C23H28N4O4/c1-13(15-9-16(29-5)11-17(10-15)30-6)27(4)22(28)18-14(2)31-21-19(18)20(24-12-25-21)26-23(3)7-8-23/h9-13H,7-8H2,1-6H3,(H,24,25,26). The van der Waals surface area contributed by atoms with Gasteiger partial charge >= 0.3 is 0 Å². The SMILES string of the molecule is COc1cc(OC)cc(C(C)N(C)C(=O)c2c(C)oc3ncnc(NC4(C)CC4)c23)c1. The third-order valence-electron chi connectivity index (χ3n) is 6.06. The maximum atomic E-state index is 13.6. The lowest BCUT2D eigenvalue weighted by Gasteiger charge is -2.26. The molecule has 2 heterocycles. The Balaban J connectivity index is 1.71. The highest BCUT2D eigenvalue weighted by Gasteiger charge is 2.39. The van der Waals surface area contributed by atoms with E-state index < -0.39 is 0 Å². The zero-order chi connectivity index (χ0) is 22.3. The largest absolute Gasteiger partial charge is 0.497 e. The molecule has 1 saturated carbocycles. The van der Waals surface area contributed by atoms with E-state index in [-0.39, 0.29) is 17.5 Å². The normalized spacial score (nSPS) is 15.4. The zero-order valence-electron chi connectivity index (χ0n) is 18.8. The molecule has 2 aromatic heterocycles. The van der Waals surface area contributed by atoms with Crippen LogP contribution < -0.4 is 14.8 Å². The quantitative estimate of drug-likeness (QED) is 0.603. The molecule has 1 fully saturated rings. The number of benzene rings is 1. The van der Waals surface area contributed by atoms with Crippen molar-refractivity contribution in [2.24, 2.45) is 0 Å². The maximum Gasteiger partial charge on any atom is 0.258 e. The van der Waals surface area contributed by atoms with E-state index in [1.165, 1.54) is 6.33 Å². The van der Waals surface area contributed by atoms with Gasteiger partial charge in [0.25, 0.3) is 5.91 Å². The molecule has 1 N–H and O–H groups in total. The minimum absolute atomic E-state index is 0.00309. The molecule has 1 amide bonds. The molecule has 8 nitrogen and oxygen atoms in total. The van der Waals surface area contributed by atoms with Crippen molar-refractivity contribution in [3.8, 4) is 11.5 Å². The van der Waals surface area contributed by atoms with Gasteiger partial charge < -0.3 is 24.1 Å². The fourth-order valence-corrected chi connectivity index (χ4v) is 3.64. The molecule has 1 aliphatic carbocycles. The van der Waals surface area contributed by atoms with Crippen molar-refractivity contribution in [3.05, 3.63) is 41.4 Å². The first-order chi connectivity index (χ1) is 14.8. The predicted octanol–water partition coefficient (Wildman–Crippen LogP) is 4.35. The second kappa shape index (κ2) is 7.76. The average Bonchev–Trinajstić information content (AvgIpc) is 3.39. The number of nitrogens with one attached hydrogen (secondary N) is 1. The van der Waals surface area contributed by atoms with Crippen LogP contribution in [-0.2, 0) is 0 Å². The van der Waals surface area contributed by atoms with Crippen LogP contribution in [-0.4, -0.2) is 47.6 Å². The Morgan fingerprint density at radius 2 is 1.84 bits per heavy atom. The number of nitrogens with zero attached hydrogens (tertiary/aromatic N) is 3. The molecular formula is C23H28N4O4. The summed E-state index contributed by atoms with van der Waals surface area (Å²) in [5, 5.41) is 4.08. The van der Waals surface area contributed by atoms with Gasteiger partial charge in [0, 0.05) is 18.7 Å². The molecule has 1 aromatic carbocycles. The second-order valence-corrected chi connectivity index (χ2v) is 8.36. The van der Waals surface area contributed by atoms with Crippen molar-refractivity contribution < 1.29 is 18.7 Å². The van der Waals surface area contributed by atoms with Crippen molar-refractivity contribution in [1.29, 1.82) is 0 Å². The van der Waals surface area contributed by atoms with Crippen LogP contribution in [0.4, 0.5) is 5.82 Å². The molecule has 164 valence electrons. The summed E-state index contributed by atoms with van der Waals surface area (Å²) in [4.78, 5) is 24.0. The van der Waals surface area contributed by atoms with E-state index >= 15 is 0 Å². The molecular weight excluding hydrogens is 396 g/mol. The number of amides is 1. The van der Waals surface area contributed by atoms with E-state index in [1.807, 2.05) is 19.1 Å². The lowest BCUT2D eigenvalue weighted by molar-refractivity contribution is 0.0742. The summed E-state index contributed by atoms with van der Waals surface area (Å²) in [5.41, 5.74) is 1.79. The van der Waals surface area contributed by atoms with Crippen molar-refractivity contribution in [2.45, 2.75) is 45.2 Å². The van der Waals surface area contributed by atoms with Gasteiger partial charge in [-0.15, -0.1) is 0 Å². The maximum absolute atomic E-state index is 13.6. The van der Waals surface area contributed by atoms with Crippen LogP contribution in [0, 0.1) is 6.92 Å². The minimum atomic E-state index is -0.233. The number of ether oxygens (including phenoxy) is 2. The number of aromatic nitrogens is 2. The highest BCUT2D eigenvalue weighted by atomic mass is 16.5. The monoisotopic (exact) mass is 424 g/mol. The third-order valence-corrected chi connectivity index (χ3v) is 6.06. The van der Waals surface area contributed by atoms with E-state index in [1.54, 1.807) is 39.2 Å². The molecule has 3 aromatic rings. The van der Waals surface area contributed by atoms with Crippen molar-refractivity contribution in [1.82, 2.24) is 14.9 Å². The van der Waals surface area contributed by atoms with Crippen LogP contribution in [0.15, 0.2) is 28.9 Å². The summed E-state index contributed by atoms with van der Waals surface area (Å²) in [5.74, 6) is 2.33. The van der Waals surface area contributed by atoms with Gasteiger partial charge in [-0.25, -0.2) is 9.97 Å². The molecule has 0 aliphatic heterocycles. The third kappa shape index (κ3) is 3.89. The summed E-state index contributed by atoms with van der Waals surface area (Å²) in [7, 11) is 4.98. The lowest BCUT2D eigenvalue weighted by atomic mass is 10.0. The molecule has 31 heavy (non-hydrogen) atoms. The van der Waals surface area contributed by atoms with Gasteiger partial charge in [0.15, 0.2) is 0 Å². The van der Waals surface area contributed by atoms with Gasteiger partial charge in [-0.3, -0.25) is 4.79 Å². The Hall–Kier alpha value is -3.29. The van der Waals surface area contributed by atoms with Gasteiger partial charge in [0.2, 0.25) is 5.71 Å². The number of carbonyl (C=O) groups is 1. The fraction of sp³-hybridized carbons (Fsp3) is 0.435. The fourth-order valence-electron chi connectivity index (χ4n) is 3.64. The number of furan rings is 1. The van der Waals surface area contributed by atoms with E-state index in [4.69, 9.17) is 13.9 Å². The van der Waals surface area contributed by atoms with Crippen LogP contribution >= 0.6 is 0 Å². The van der Waals surface area contributed by atoms with E-state index in [0.29, 0.717) is 39.7 Å². The average molecular weight is 425 g/mol. The number of anilines is 1. The number of hydrogen-bond donors (Lipinski definition) is 1. The Kier molecular flexibility index (Phi) is 5.24. The van der Waals surface area contributed by atoms with E-state index in [9.17, 15) is 4.79 Å². The van der Waals surface area contributed by atoms with Crippen LogP contribution in [0.2, 0.25) is 0 Å². The molecule has 1 unspecified atom stereocenters. The number of methoxy groups -OCH3 is 2. The number of carbonyl (C=O) groups excluding carboxylic acids is 1. The van der Waals surface area contributed by atoms with Crippen LogP contribution in [0.1, 0.15) is 54.4 Å². The summed E-state index contributed by atoms with van der Waals surface area (Å²) in [6, 6.07) is 5.38. The first-order valence-electron chi connectivity index (χ1n) is 10.3. The summed E-state index contributed by atoms with van der Waals surface area (Å²) in [6.07, 6.45) is 3.59. The molecule has 0 bridgehead atoms.